The maximum absolute atomic E-state index is 12.5. The highest BCUT2D eigenvalue weighted by molar-refractivity contribution is 5.76. The number of hydrogen-bond acceptors (Lipinski definition) is 3. The number of amides is 1. The van der Waals surface area contributed by atoms with Crippen LogP contribution in [0.2, 0.25) is 0 Å². The molecular formula is C68H117NO3. The van der Waals surface area contributed by atoms with Gasteiger partial charge in [-0.25, -0.2) is 0 Å². The second-order valence-corrected chi connectivity index (χ2v) is 20.4. The highest BCUT2D eigenvalue weighted by Crippen LogP contribution is 2.16. The number of nitrogens with one attached hydrogen (secondary N) is 1. The molecule has 4 nitrogen and oxygen atoms in total. The molecule has 0 aromatic heterocycles. The average Bonchev–Trinajstić information content (AvgIpc) is 3.39. The van der Waals surface area contributed by atoms with Crippen molar-refractivity contribution >= 4 is 5.91 Å². The minimum atomic E-state index is -0.876. The van der Waals surface area contributed by atoms with Crippen LogP contribution in [0.15, 0.2) is 122 Å². The number of unbranched alkanes of at least 4 members (excludes halogenated alkanes) is 30. The van der Waals surface area contributed by atoms with E-state index >= 15 is 0 Å². The zero-order chi connectivity index (χ0) is 52.0. The summed E-state index contributed by atoms with van der Waals surface area (Å²) >= 11 is 0. The molecule has 0 saturated carbocycles. The summed E-state index contributed by atoms with van der Waals surface area (Å²) in [6.45, 7) is 4.19. The Morgan fingerprint density at radius 2 is 0.625 bits per heavy atom. The minimum absolute atomic E-state index is 0.0790. The lowest BCUT2D eigenvalue weighted by Crippen LogP contribution is -2.45. The number of allylic oxidation sites excluding steroid dienone is 19. The third kappa shape index (κ3) is 57.7. The van der Waals surface area contributed by atoms with Crippen molar-refractivity contribution < 1.29 is 15.0 Å². The number of aliphatic hydroxyl groups is 2. The standard InChI is InChI=1S/C68H117NO3/c1-3-5-7-9-11-13-15-17-19-21-23-25-26-27-28-29-30-31-32-33-34-35-36-37-38-39-40-41-42-44-46-48-50-52-54-56-58-60-62-64-68(72)69-66(65-70)67(71)63-61-59-57-55-53-51-49-47-45-43-24-22-20-18-16-14-12-10-8-6-4-2/h5,7,11,13,17,19,23,25,27-28,30-31,33-34,45,47,53,55,61,63,66-67,70-71H,3-4,6,8-10,12,14-16,18,20-22,24,26,29,32,35-44,46,48-52,54,56-60,62,64-65H2,1-2H3,(H,69,72)/b7-5-,13-11-,19-17-,25-23-,28-27-,31-30-,34-33-,47-45+,55-53+,63-61+. The first kappa shape index (κ1) is 68.8. The zero-order valence-electron chi connectivity index (χ0n) is 47.4. The summed E-state index contributed by atoms with van der Waals surface area (Å²) in [5, 5.41) is 23.2. The Balaban J connectivity index is 3.55. The molecule has 2 atom stereocenters. The monoisotopic (exact) mass is 996 g/mol. The maximum atomic E-state index is 12.5. The van der Waals surface area contributed by atoms with Crippen LogP contribution in [-0.4, -0.2) is 34.9 Å². The van der Waals surface area contributed by atoms with Gasteiger partial charge >= 0.3 is 0 Å². The molecule has 4 heteroatoms. The first-order chi connectivity index (χ1) is 35.7. The second-order valence-electron chi connectivity index (χ2n) is 20.4. The van der Waals surface area contributed by atoms with Crippen molar-refractivity contribution in [3.05, 3.63) is 122 Å². The zero-order valence-corrected chi connectivity index (χ0v) is 47.4. The van der Waals surface area contributed by atoms with E-state index in [2.05, 4.69) is 129 Å². The van der Waals surface area contributed by atoms with E-state index in [-0.39, 0.29) is 12.5 Å². The van der Waals surface area contributed by atoms with E-state index in [1.807, 2.05) is 6.08 Å². The molecule has 0 aromatic carbocycles. The van der Waals surface area contributed by atoms with Gasteiger partial charge in [0.05, 0.1) is 18.8 Å². The molecule has 2 unspecified atom stereocenters. The summed E-state index contributed by atoms with van der Waals surface area (Å²) in [5.41, 5.74) is 0. The molecule has 0 aliphatic rings. The third-order valence-electron chi connectivity index (χ3n) is 13.4. The summed E-state index contributed by atoms with van der Waals surface area (Å²) in [4.78, 5) is 12.5. The highest BCUT2D eigenvalue weighted by Gasteiger charge is 2.18. The van der Waals surface area contributed by atoms with Crippen LogP contribution < -0.4 is 5.32 Å². The lowest BCUT2D eigenvalue weighted by atomic mass is 10.0. The average molecular weight is 997 g/mol. The molecular weight excluding hydrogens is 879 g/mol. The van der Waals surface area contributed by atoms with Gasteiger partial charge in [0.15, 0.2) is 0 Å². The van der Waals surface area contributed by atoms with E-state index in [0.29, 0.717) is 6.42 Å². The smallest absolute Gasteiger partial charge is 0.220 e. The second kappa shape index (κ2) is 62.1. The van der Waals surface area contributed by atoms with Gasteiger partial charge in [-0.05, 0) is 103 Å². The fourth-order valence-corrected chi connectivity index (χ4v) is 8.78. The van der Waals surface area contributed by atoms with E-state index in [1.54, 1.807) is 6.08 Å². The molecule has 3 N–H and O–H groups in total. The summed E-state index contributed by atoms with van der Waals surface area (Å²) < 4.78 is 0. The molecule has 0 spiro atoms. The molecule has 0 aliphatic carbocycles. The molecule has 1 amide bonds. The van der Waals surface area contributed by atoms with Crippen molar-refractivity contribution in [2.45, 2.75) is 296 Å². The third-order valence-corrected chi connectivity index (χ3v) is 13.4. The van der Waals surface area contributed by atoms with E-state index in [4.69, 9.17) is 0 Å². The van der Waals surface area contributed by atoms with Crippen molar-refractivity contribution in [2.75, 3.05) is 6.61 Å². The summed E-state index contributed by atoms with van der Waals surface area (Å²) in [6, 6.07) is -0.652. The van der Waals surface area contributed by atoms with Crippen LogP contribution in [0.3, 0.4) is 0 Å². The predicted molar refractivity (Wildman–Crippen MR) is 322 cm³/mol. The molecule has 0 heterocycles. The van der Waals surface area contributed by atoms with E-state index in [9.17, 15) is 15.0 Å². The van der Waals surface area contributed by atoms with E-state index in [0.717, 1.165) is 83.5 Å². The van der Waals surface area contributed by atoms with Gasteiger partial charge in [-0.3, -0.25) is 4.79 Å². The Labute approximate surface area is 448 Å². The topological polar surface area (TPSA) is 69.6 Å². The first-order valence-electron chi connectivity index (χ1n) is 30.7. The lowest BCUT2D eigenvalue weighted by Gasteiger charge is -2.19. The number of rotatable bonds is 55. The molecule has 0 fully saturated rings. The van der Waals surface area contributed by atoms with Crippen LogP contribution in [0.1, 0.15) is 284 Å². The highest BCUT2D eigenvalue weighted by atomic mass is 16.3. The summed E-state index contributed by atoms with van der Waals surface area (Å²) in [6.07, 6.45) is 95.2. The van der Waals surface area contributed by atoms with Crippen molar-refractivity contribution in [2.24, 2.45) is 0 Å². The van der Waals surface area contributed by atoms with Crippen LogP contribution in [0, 0.1) is 0 Å². The Bertz CT molecular complexity index is 1410. The molecule has 412 valence electrons. The van der Waals surface area contributed by atoms with Gasteiger partial charge in [0, 0.05) is 6.42 Å². The molecule has 72 heavy (non-hydrogen) atoms. The van der Waals surface area contributed by atoms with E-state index < -0.39 is 12.1 Å². The van der Waals surface area contributed by atoms with Crippen LogP contribution in [-0.2, 0) is 4.79 Å². The fraction of sp³-hybridized carbons (Fsp3) is 0.691. The van der Waals surface area contributed by atoms with Crippen molar-refractivity contribution in [1.82, 2.24) is 5.32 Å². The molecule has 0 rings (SSSR count). The van der Waals surface area contributed by atoms with E-state index in [1.165, 1.54) is 180 Å². The van der Waals surface area contributed by atoms with Crippen molar-refractivity contribution in [1.29, 1.82) is 0 Å². The van der Waals surface area contributed by atoms with Gasteiger partial charge in [-0.2, -0.15) is 0 Å². The first-order valence-corrected chi connectivity index (χ1v) is 30.7. The number of carbonyl (C=O) groups excluding carboxylic acids is 1. The van der Waals surface area contributed by atoms with Gasteiger partial charge in [0.25, 0.3) is 0 Å². The van der Waals surface area contributed by atoms with Gasteiger partial charge in [0.2, 0.25) is 5.91 Å². The summed E-state index contributed by atoms with van der Waals surface area (Å²) in [5.74, 6) is -0.0790. The molecule has 0 radical (unpaired) electrons. The van der Waals surface area contributed by atoms with Crippen LogP contribution >= 0.6 is 0 Å². The van der Waals surface area contributed by atoms with Gasteiger partial charge in [-0.1, -0.05) is 296 Å². The molecule has 0 aliphatic heterocycles. The lowest BCUT2D eigenvalue weighted by molar-refractivity contribution is -0.123. The van der Waals surface area contributed by atoms with Gasteiger partial charge < -0.3 is 15.5 Å². The molecule has 0 bridgehead atoms. The predicted octanol–water partition coefficient (Wildman–Crippen LogP) is 20.8. The number of carbonyl (C=O) groups is 1. The van der Waals surface area contributed by atoms with Crippen LogP contribution in [0.4, 0.5) is 0 Å². The minimum Gasteiger partial charge on any atom is -0.394 e. The maximum Gasteiger partial charge on any atom is 0.220 e. The Morgan fingerprint density at radius 3 is 0.972 bits per heavy atom. The van der Waals surface area contributed by atoms with Crippen molar-refractivity contribution in [3.8, 4) is 0 Å². The van der Waals surface area contributed by atoms with Gasteiger partial charge in [0.1, 0.15) is 0 Å². The van der Waals surface area contributed by atoms with Gasteiger partial charge in [-0.15, -0.1) is 0 Å². The normalized spacial score (nSPS) is 13.7. The number of aliphatic hydroxyl groups excluding tert-OH is 2. The molecule has 0 saturated heterocycles. The fourth-order valence-electron chi connectivity index (χ4n) is 8.78. The number of hydrogen-bond donors (Lipinski definition) is 3. The van der Waals surface area contributed by atoms with Crippen molar-refractivity contribution in [3.63, 3.8) is 0 Å². The van der Waals surface area contributed by atoms with Crippen LogP contribution in [0.25, 0.3) is 0 Å². The Hall–Kier alpha value is -3.21. The van der Waals surface area contributed by atoms with Crippen LogP contribution in [0.5, 0.6) is 0 Å². The SMILES string of the molecule is CC/C=C\C/C=C\C/C=C\C/C=C\C/C=C\C/C=C\C/C=C\CCCCCCCCCCCCCCCCCCCC(=O)NC(CO)C(O)/C=C/CC/C=C/CC/C=C/CCCCCCCCCCCCC. The Kier molecular flexibility index (Phi) is 59.3. The Morgan fingerprint density at radius 1 is 0.347 bits per heavy atom. The quantitative estimate of drug-likeness (QED) is 0.0420. The summed E-state index contributed by atoms with van der Waals surface area (Å²) in [7, 11) is 0. The molecule has 0 aromatic rings. The largest absolute Gasteiger partial charge is 0.394 e.